The Morgan fingerprint density at radius 2 is 2.35 bits per heavy atom. The van der Waals surface area contributed by atoms with E-state index in [1.807, 2.05) is 0 Å². The minimum absolute atomic E-state index is 0.368. The number of aliphatic hydroxyl groups excluding tert-OH is 2. The van der Waals surface area contributed by atoms with E-state index in [0.717, 1.165) is 0 Å². The van der Waals surface area contributed by atoms with E-state index in [2.05, 4.69) is 9.97 Å². The summed E-state index contributed by atoms with van der Waals surface area (Å²) in [7, 11) is 0. The third-order valence-corrected chi connectivity index (χ3v) is 2.85. The van der Waals surface area contributed by atoms with Crippen LogP contribution in [0.5, 0.6) is 0 Å². The first kappa shape index (κ1) is 12.2. The lowest BCUT2D eigenvalue weighted by molar-refractivity contribution is -0.0229. The summed E-state index contributed by atoms with van der Waals surface area (Å²) in [4.78, 5) is 16.9. The van der Waals surface area contributed by atoms with Crippen LogP contribution in [0, 0.1) is 6.92 Å². The lowest BCUT2D eigenvalue weighted by Gasteiger charge is -2.14. The molecule has 0 radical (unpaired) electrons. The van der Waals surface area contributed by atoms with Gasteiger partial charge in [-0.15, -0.1) is 0 Å². The number of alkyl halides is 1. The summed E-state index contributed by atoms with van der Waals surface area (Å²) in [5, 5.41) is 18.4. The van der Waals surface area contributed by atoms with Gasteiger partial charge in [0, 0.05) is 17.5 Å². The topological polar surface area (TPSA) is 95.4 Å². The Hall–Kier alpha value is -1.31. The van der Waals surface area contributed by atoms with Crippen molar-refractivity contribution >= 4 is 0 Å². The minimum atomic E-state index is -1.65. The Kier molecular flexibility index (Phi) is 3.23. The molecule has 7 heteroatoms. The molecule has 1 unspecified atom stereocenters. The summed E-state index contributed by atoms with van der Waals surface area (Å²) in [5.74, 6) is 0. The van der Waals surface area contributed by atoms with Crippen molar-refractivity contribution in [1.82, 2.24) is 9.97 Å². The van der Waals surface area contributed by atoms with Crippen LogP contribution in [0.2, 0.25) is 0 Å². The van der Waals surface area contributed by atoms with E-state index in [-0.39, 0.29) is 0 Å². The molecule has 3 N–H and O–H groups in total. The number of nitrogens with zero attached hydrogens (tertiary/aromatic N) is 1. The molecule has 0 spiro atoms. The van der Waals surface area contributed by atoms with Crippen molar-refractivity contribution in [3.8, 4) is 0 Å². The summed E-state index contributed by atoms with van der Waals surface area (Å²) in [6.07, 6.45) is -3.79. The standard InChI is InChI=1S/C10H13FN2O4/c1-4-5(2-12-10(16)13-4)9-7(11)8(15)6(3-14)17-9/h2,6-9,14-15H,3H2,1H3,(H,12,13,16)/t6-,7+,8?,9+/m1/s1. The summed E-state index contributed by atoms with van der Waals surface area (Å²) in [5.41, 5.74) is 0.273. The van der Waals surface area contributed by atoms with Crippen LogP contribution < -0.4 is 5.69 Å². The highest BCUT2D eigenvalue weighted by molar-refractivity contribution is 5.21. The summed E-state index contributed by atoms with van der Waals surface area (Å²) >= 11 is 0. The van der Waals surface area contributed by atoms with Crippen LogP contribution in [0.3, 0.4) is 0 Å². The van der Waals surface area contributed by atoms with Crippen LogP contribution >= 0.6 is 0 Å². The molecule has 1 saturated heterocycles. The van der Waals surface area contributed by atoms with E-state index < -0.39 is 36.8 Å². The van der Waals surface area contributed by atoms with Crippen LogP contribution in [-0.4, -0.2) is 45.2 Å². The van der Waals surface area contributed by atoms with Crippen molar-refractivity contribution in [3.05, 3.63) is 27.9 Å². The van der Waals surface area contributed by atoms with Crippen LogP contribution in [0.25, 0.3) is 0 Å². The van der Waals surface area contributed by atoms with Gasteiger partial charge in [-0.1, -0.05) is 0 Å². The third kappa shape index (κ3) is 2.08. The Morgan fingerprint density at radius 1 is 1.65 bits per heavy atom. The molecule has 6 nitrogen and oxygen atoms in total. The largest absolute Gasteiger partial charge is 0.394 e. The molecule has 1 aliphatic heterocycles. The monoisotopic (exact) mass is 244 g/mol. The second-order valence-electron chi connectivity index (χ2n) is 3.98. The number of aromatic nitrogens is 2. The molecule has 0 bridgehead atoms. The number of aromatic amines is 1. The van der Waals surface area contributed by atoms with Gasteiger partial charge in [-0.05, 0) is 6.92 Å². The Balaban J connectivity index is 2.32. The highest BCUT2D eigenvalue weighted by Gasteiger charge is 2.45. The Bertz CT molecular complexity index is 464. The van der Waals surface area contributed by atoms with E-state index in [1.165, 1.54) is 6.20 Å². The number of H-pyrrole nitrogens is 1. The van der Waals surface area contributed by atoms with Crippen LogP contribution in [0.1, 0.15) is 17.4 Å². The zero-order valence-corrected chi connectivity index (χ0v) is 9.13. The van der Waals surface area contributed by atoms with Crippen LogP contribution in [0.4, 0.5) is 4.39 Å². The van der Waals surface area contributed by atoms with Gasteiger partial charge < -0.3 is 19.9 Å². The lowest BCUT2D eigenvalue weighted by Crippen LogP contribution is -2.30. The van der Waals surface area contributed by atoms with Crippen molar-refractivity contribution in [2.24, 2.45) is 0 Å². The number of ether oxygens (including phenoxy) is 1. The van der Waals surface area contributed by atoms with Gasteiger partial charge in [-0.3, -0.25) is 0 Å². The molecule has 1 aromatic heterocycles. The second kappa shape index (κ2) is 4.52. The van der Waals surface area contributed by atoms with E-state index in [1.54, 1.807) is 6.92 Å². The summed E-state index contributed by atoms with van der Waals surface area (Å²) < 4.78 is 19.0. The number of hydrogen-bond donors (Lipinski definition) is 3. The quantitative estimate of drug-likeness (QED) is 0.633. The molecule has 1 fully saturated rings. The van der Waals surface area contributed by atoms with Crippen LogP contribution in [0.15, 0.2) is 11.0 Å². The molecule has 2 heterocycles. The third-order valence-electron chi connectivity index (χ3n) is 2.85. The van der Waals surface area contributed by atoms with E-state index >= 15 is 0 Å². The fourth-order valence-electron chi connectivity index (χ4n) is 1.90. The van der Waals surface area contributed by atoms with Gasteiger partial charge in [0.2, 0.25) is 0 Å². The number of nitrogens with one attached hydrogen (secondary N) is 1. The number of halogens is 1. The van der Waals surface area contributed by atoms with Crippen molar-refractivity contribution in [2.75, 3.05) is 6.61 Å². The zero-order chi connectivity index (χ0) is 12.6. The average molecular weight is 244 g/mol. The fourth-order valence-corrected chi connectivity index (χ4v) is 1.90. The number of hydrogen-bond acceptors (Lipinski definition) is 5. The zero-order valence-electron chi connectivity index (χ0n) is 9.13. The molecule has 0 saturated carbocycles. The average Bonchev–Trinajstić information content (AvgIpc) is 2.57. The molecular formula is C10H13FN2O4. The molecule has 17 heavy (non-hydrogen) atoms. The van der Waals surface area contributed by atoms with E-state index in [9.17, 15) is 14.3 Å². The predicted molar refractivity (Wildman–Crippen MR) is 55.2 cm³/mol. The number of aliphatic hydroxyl groups is 2. The highest BCUT2D eigenvalue weighted by Crippen LogP contribution is 2.35. The van der Waals surface area contributed by atoms with Gasteiger partial charge in [-0.25, -0.2) is 14.2 Å². The van der Waals surface area contributed by atoms with Crippen LogP contribution in [-0.2, 0) is 4.74 Å². The van der Waals surface area contributed by atoms with Gasteiger partial charge in [0.05, 0.1) is 6.61 Å². The number of rotatable bonds is 2. The maximum Gasteiger partial charge on any atom is 0.345 e. The first-order valence-electron chi connectivity index (χ1n) is 5.19. The maximum atomic E-state index is 13.8. The first-order valence-corrected chi connectivity index (χ1v) is 5.19. The molecule has 0 aromatic carbocycles. The predicted octanol–water partition coefficient (Wildman–Crippen LogP) is -0.790. The molecule has 1 aromatic rings. The van der Waals surface area contributed by atoms with Gasteiger partial charge in [-0.2, -0.15) is 0 Å². The van der Waals surface area contributed by atoms with Crippen molar-refractivity contribution in [2.45, 2.75) is 31.4 Å². The van der Waals surface area contributed by atoms with E-state index in [4.69, 9.17) is 9.84 Å². The normalized spacial score (nSPS) is 32.9. The Labute approximate surface area is 96.1 Å². The van der Waals surface area contributed by atoms with Crippen molar-refractivity contribution in [1.29, 1.82) is 0 Å². The lowest BCUT2D eigenvalue weighted by atomic mass is 10.0. The van der Waals surface area contributed by atoms with Gasteiger partial charge >= 0.3 is 5.69 Å². The first-order chi connectivity index (χ1) is 8.04. The summed E-state index contributed by atoms with van der Waals surface area (Å²) in [6, 6.07) is 0. The van der Waals surface area contributed by atoms with E-state index in [0.29, 0.717) is 11.3 Å². The van der Waals surface area contributed by atoms with Gasteiger partial charge in [0.25, 0.3) is 0 Å². The van der Waals surface area contributed by atoms with Gasteiger partial charge in [0.15, 0.2) is 6.17 Å². The molecule has 1 aliphatic rings. The summed E-state index contributed by atoms with van der Waals surface area (Å²) in [6.45, 7) is 1.13. The number of aryl methyl sites for hydroxylation is 1. The van der Waals surface area contributed by atoms with Gasteiger partial charge in [0.1, 0.15) is 18.3 Å². The fraction of sp³-hybridized carbons (Fsp3) is 0.600. The molecule has 0 amide bonds. The second-order valence-corrected chi connectivity index (χ2v) is 3.98. The highest BCUT2D eigenvalue weighted by atomic mass is 19.1. The smallest absolute Gasteiger partial charge is 0.345 e. The minimum Gasteiger partial charge on any atom is -0.394 e. The SMILES string of the molecule is Cc1[nH]c(=O)ncc1[C@@H]1O[C@H](CO)C(O)[C@@H]1F. The van der Waals surface area contributed by atoms with Crippen molar-refractivity contribution in [3.63, 3.8) is 0 Å². The maximum absolute atomic E-state index is 13.8. The molecule has 2 rings (SSSR count). The molecule has 4 atom stereocenters. The molecule has 0 aliphatic carbocycles. The molecule has 94 valence electrons. The van der Waals surface area contributed by atoms with Crippen molar-refractivity contribution < 1.29 is 19.3 Å². The molecular weight excluding hydrogens is 231 g/mol. The Morgan fingerprint density at radius 3 is 2.88 bits per heavy atom.